The van der Waals surface area contributed by atoms with Gasteiger partial charge in [-0.15, -0.1) is 5.10 Å². The van der Waals surface area contributed by atoms with Crippen molar-refractivity contribution < 1.29 is 0 Å². The third-order valence-electron chi connectivity index (χ3n) is 3.04. The molecule has 0 aliphatic rings. The summed E-state index contributed by atoms with van der Waals surface area (Å²) < 4.78 is 1.32. The lowest BCUT2D eigenvalue weighted by molar-refractivity contribution is 0.601. The molecule has 0 bridgehead atoms. The molecule has 5 heteroatoms. The van der Waals surface area contributed by atoms with Crippen molar-refractivity contribution in [3.63, 3.8) is 0 Å². The van der Waals surface area contributed by atoms with Gasteiger partial charge in [-0.1, -0.05) is 29.5 Å². The number of rotatable bonds is 2. The van der Waals surface area contributed by atoms with Crippen LogP contribution in [0.15, 0.2) is 53.3 Å². The average Bonchev–Trinajstić information content (AvgIpc) is 2.51. The maximum atomic E-state index is 12.3. The Hall–Kier alpha value is -3.00. The van der Waals surface area contributed by atoms with Gasteiger partial charge >= 0.3 is 0 Å². The molecule has 0 atom stereocenters. The van der Waals surface area contributed by atoms with Crippen molar-refractivity contribution in [3.05, 3.63) is 70.0 Å². The van der Waals surface area contributed by atoms with Crippen LogP contribution in [-0.4, -0.2) is 15.0 Å². The second-order valence-corrected chi connectivity index (χ2v) is 4.38. The van der Waals surface area contributed by atoms with E-state index in [1.165, 1.54) is 4.68 Å². The summed E-state index contributed by atoms with van der Waals surface area (Å²) >= 11 is 0. The van der Waals surface area contributed by atoms with Crippen LogP contribution in [0.3, 0.4) is 0 Å². The zero-order valence-corrected chi connectivity index (χ0v) is 10.5. The van der Waals surface area contributed by atoms with Gasteiger partial charge in [-0.2, -0.15) is 5.26 Å². The van der Waals surface area contributed by atoms with Gasteiger partial charge in [0.1, 0.15) is 5.52 Å². The maximum Gasteiger partial charge on any atom is 0.277 e. The number of nitriles is 1. The molecule has 5 nitrogen and oxygen atoms in total. The molecular formula is C15H10N4O. The number of hydrogen-bond donors (Lipinski definition) is 0. The molecule has 0 saturated carbocycles. The van der Waals surface area contributed by atoms with Crippen molar-refractivity contribution in [2.45, 2.75) is 6.54 Å². The molecule has 0 radical (unpaired) electrons. The fourth-order valence-corrected chi connectivity index (χ4v) is 1.98. The van der Waals surface area contributed by atoms with Crippen molar-refractivity contribution >= 4 is 10.9 Å². The van der Waals surface area contributed by atoms with Crippen LogP contribution in [0.25, 0.3) is 10.9 Å². The molecule has 0 N–H and O–H groups in total. The Labute approximate surface area is 114 Å². The van der Waals surface area contributed by atoms with Gasteiger partial charge in [0.25, 0.3) is 5.56 Å². The van der Waals surface area contributed by atoms with Crippen molar-refractivity contribution in [3.8, 4) is 6.07 Å². The second kappa shape index (κ2) is 4.94. The predicted octanol–water partition coefficient (Wildman–Crippen LogP) is 1.71. The molecule has 20 heavy (non-hydrogen) atoms. The largest absolute Gasteiger partial charge is 0.277 e. The van der Waals surface area contributed by atoms with Crippen LogP contribution in [0.1, 0.15) is 11.1 Å². The summed E-state index contributed by atoms with van der Waals surface area (Å²) in [6.07, 6.45) is 0. The average molecular weight is 262 g/mol. The lowest BCUT2D eigenvalue weighted by Gasteiger charge is -2.04. The minimum Gasteiger partial charge on any atom is -0.267 e. The van der Waals surface area contributed by atoms with Gasteiger partial charge in [0.15, 0.2) is 0 Å². The first kappa shape index (κ1) is 12.1. The molecule has 0 saturated heterocycles. The second-order valence-electron chi connectivity index (χ2n) is 4.38. The number of benzene rings is 2. The monoisotopic (exact) mass is 262 g/mol. The van der Waals surface area contributed by atoms with Crippen LogP contribution in [0.5, 0.6) is 0 Å². The number of fused-ring (bicyclic) bond motifs is 1. The Bertz CT molecular complexity index is 859. The predicted molar refractivity (Wildman–Crippen MR) is 74.1 cm³/mol. The molecule has 3 rings (SSSR count). The van der Waals surface area contributed by atoms with Gasteiger partial charge < -0.3 is 0 Å². The highest BCUT2D eigenvalue weighted by Gasteiger charge is 2.05. The molecule has 0 aliphatic carbocycles. The van der Waals surface area contributed by atoms with E-state index in [1.807, 2.05) is 18.2 Å². The first-order valence-corrected chi connectivity index (χ1v) is 6.09. The maximum absolute atomic E-state index is 12.3. The molecule has 0 amide bonds. The molecule has 3 aromatic rings. The van der Waals surface area contributed by atoms with Crippen LogP contribution in [0.4, 0.5) is 0 Å². The molecule has 96 valence electrons. The van der Waals surface area contributed by atoms with E-state index in [1.54, 1.807) is 30.3 Å². The van der Waals surface area contributed by atoms with Crippen molar-refractivity contribution in [1.82, 2.24) is 15.0 Å². The molecule has 0 fully saturated rings. The minimum absolute atomic E-state index is 0.167. The Kier molecular flexibility index (Phi) is 2.98. The van der Waals surface area contributed by atoms with E-state index in [4.69, 9.17) is 5.26 Å². The summed E-state index contributed by atoms with van der Waals surface area (Å²) in [6.45, 7) is 0.336. The number of hydrogen-bond acceptors (Lipinski definition) is 4. The van der Waals surface area contributed by atoms with E-state index < -0.39 is 0 Å². The number of nitrogens with zero attached hydrogens (tertiary/aromatic N) is 4. The summed E-state index contributed by atoms with van der Waals surface area (Å²) in [5.41, 5.74) is 1.91. The molecule has 0 spiro atoms. The van der Waals surface area contributed by atoms with E-state index in [0.29, 0.717) is 23.0 Å². The van der Waals surface area contributed by atoms with Gasteiger partial charge in [0, 0.05) is 0 Å². The minimum atomic E-state index is -0.167. The topological polar surface area (TPSA) is 71.6 Å². The Morgan fingerprint density at radius 3 is 2.60 bits per heavy atom. The van der Waals surface area contributed by atoms with Crippen molar-refractivity contribution in [1.29, 1.82) is 5.26 Å². The highest BCUT2D eigenvalue weighted by Crippen LogP contribution is 2.06. The standard InChI is InChI=1S/C15H10N4O/c16-9-11-5-7-12(8-6-11)10-19-15(20)13-3-1-2-4-14(13)17-18-19/h1-8H,10H2. The molecule has 0 aliphatic heterocycles. The summed E-state index contributed by atoms with van der Waals surface area (Å²) in [4.78, 5) is 12.3. The normalized spacial score (nSPS) is 10.3. The highest BCUT2D eigenvalue weighted by atomic mass is 16.1. The summed E-state index contributed by atoms with van der Waals surface area (Å²) in [6, 6.07) is 16.2. The fraction of sp³-hybridized carbons (Fsp3) is 0.0667. The Morgan fingerprint density at radius 2 is 1.85 bits per heavy atom. The van der Waals surface area contributed by atoms with Crippen LogP contribution >= 0.6 is 0 Å². The van der Waals surface area contributed by atoms with Crippen LogP contribution in [0, 0.1) is 11.3 Å². The van der Waals surface area contributed by atoms with Gasteiger partial charge in [0.2, 0.25) is 0 Å². The van der Waals surface area contributed by atoms with E-state index in [2.05, 4.69) is 16.4 Å². The SMILES string of the molecule is N#Cc1ccc(Cn2nnc3ccccc3c2=O)cc1. The summed E-state index contributed by atoms with van der Waals surface area (Å²) in [5.74, 6) is 0. The highest BCUT2D eigenvalue weighted by molar-refractivity contribution is 5.76. The van der Waals surface area contributed by atoms with Crippen LogP contribution < -0.4 is 5.56 Å². The summed E-state index contributed by atoms with van der Waals surface area (Å²) in [5, 5.41) is 17.3. The van der Waals surface area contributed by atoms with E-state index in [0.717, 1.165) is 5.56 Å². The lowest BCUT2D eigenvalue weighted by atomic mass is 10.1. The van der Waals surface area contributed by atoms with Gasteiger partial charge in [-0.05, 0) is 29.8 Å². The smallest absolute Gasteiger partial charge is 0.267 e. The number of aromatic nitrogens is 3. The van der Waals surface area contributed by atoms with Crippen molar-refractivity contribution in [2.75, 3.05) is 0 Å². The fourth-order valence-electron chi connectivity index (χ4n) is 1.98. The third kappa shape index (κ3) is 2.15. The van der Waals surface area contributed by atoms with E-state index >= 15 is 0 Å². The molecule has 2 aromatic carbocycles. The quantitative estimate of drug-likeness (QED) is 0.704. The van der Waals surface area contributed by atoms with E-state index in [-0.39, 0.29) is 5.56 Å². The molecular weight excluding hydrogens is 252 g/mol. The van der Waals surface area contributed by atoms with E-state index in [9.17, 15) is 4.79 Å². The molecule has 0 unspecified atom stereocenters. The third-order valence-corrected chi connectivity index (χ3v) is 3.04. The van der Waals surface area contributed by atoms with Crippen molar-refractivity contribution in [2.24, 2.45) is 0 Å². The Balaban J connectivity index is 2.00. The molecule has 1 heterocycles. The zero-order valence-electron chi connectivity index (χ0n) is 10.5. The van der Waals surface area contributed by atoms with Crippen LogP contribution in [-0.2, 0) is 6.54 Å². The summed E-state index contributed by atoms with van der Waals surface area (Å²) in [7, 11) is 0. The van der Waals surface area contributed by atoms with Gasteiger partial charge in [0.05, 0.1) is 23.6 Å². The van der Waals surface area contributed by atoms with Gasteiger partial charge in [-0.3, -0.25) is 4.79 Å². The lowest BCUT2D eigenvalue weighted by Crippen LogP contribution is -2.24. The molecule has 1 aromatic heterocycles. The Morgan fingerprint density at radius 1 is 1.10 bits per heavy atom. The van der Waals surface area contributed by atoms with Gasteiger partial charge in [-0.25, -0.2) is 4.68 Å². The zero-order chi connectivity index (χ0) is 13.9. The van der Waals surface area contributed by atoms with Crippen LogP contribution in [0.2, 0.25) is 0 Å². The first-order chi connectivity index (χ1) is 9.78. The first-order valence-electron chi connectivity index (χ1n) is 6.09.